The number of hydrogen-bond donors (Lipinski definition) is 2. The van der Waals surface area contributed by atoms with Crippen LogP contribution in [-0.4, -0.2) is 32.5 Å². The van der Waals surface area contributed by atoms with E-state index >= 15 is 0 Å². The minimum atomic E-state index is 0.0292. The van der Waals surface area contributed by atoms with Crippen LogP contribution in [0.2, 0.25) is 0 Å². The van der Waals surface area contributed by atoms with Gasteiger partial charge in [-0.25, -0.2) is 0 Å². The summed E-state index contributed by atoms with van der Waals surface area (Å²) in [5.74, 6) is 5.52. The quantitative estimate of drug-likeness (QED) is 0.384. The Labute approximate surface area is 93.5 Å². The number of nitrogens with one attached hydrogen (secondary N) is 1. The zero-order valence-electron chi connectivity index (χ0n) is 10.7. The van der Waals surface area contributed by atoms with E-state index in [0.717, 1.165) is 13.0 Å². The Morgan fingerprint density at radius 2 is 1.93 bits per heavy atom. The Morgan fingerprint density at radius 1 is 1.33 bits per heavy atom. The second-order valence-electron chi connectivity index (χ2n) is 4.87. The molecule has 0 aliphatic rings. The molecule has 0 rings (SSSR count). The lowest BCUT2D eigenvalue weighted by Crippen LogP contribution is -2.52. The average Bonchev–Trinajstić information content (AvgIpc) is 2.14. The number of hydrazine groups is 1. The van der Waals surface area contributed by atoms with Gasteiger partial charge in [-0.1, -0.05) is 27.7 Å². The van der Waals surface area contributed by atoms with Crippen molar-refractivity contribution >= 4 is 0 Å². The van der Waals surface area contributed by atoms with Gasteiger partial charge < -0.3 is 9.47 Å². The highest BCUT2D eigenvalue weighted by molar-refractivity contribution is 4.84. The maximum absolute atomic E-state index is 5.52. The normalized spacial score (nSPS) is 16.4. The summed E-state index contributed by atoms with van der Waals surface area (Å²) in [5, 5.41) is 0. The number of hydrogen-bond acceptors (Lipinski definition) is 4. The minimum absolute atomic E-state index is 0.0292. The van der Waals surface area contributed by atoms with Gasteiger partial charge in [-0.2, -0.15) is 0 Å². The van der Waals surface area contributed by atoms with Crippen LogP contribution in [0.15, 0.2) is 0 Å². The van der Waals surface area contributed by atoms with E-state index < -0.39 is 0 Å². The topological polar surface area (TPSA) is 56.5 Å². The van der Waals surface area contributed by atoms with Gasteiger partial charge in [-0.15, -0.1) is 0 Å². The molecule has 2 unspecified atom stereocenters. The molecule has 0 amide bonds. The van der Waals surface area contributed by atoms with Crippen molar-refractivity contribution in [2.24, 2.45) is 11.3 Å². The minimum Gasteiger partial charge on any atom is -0.380 e. The first kappa shape index (κ1) is 14.8. The number of ether oxygens (including phenoxy) is 2. The van der Waals surface area contributed by atoms with Gasteiger partial charge in [0.25, 0.3) is 0 Å². The van der Waals surface area contributed by atoms with E-state index in [1.54, 1.807) is 7.11 Å². The molecule has 4 nitrogen and oxygen atoms in total. The molecule has 0 heterocycles. The van der Waals surface area contributed by atoms with Crippen LogP contribution in [0.25, 0.3) is 0 Å². The van der Waals surface area contributed by atoms with E-state index in [4.69, 9.17) is 15.3 Å². The van der Waals surface area contributed by atoms with Gasteiger partial charge in [0.1, 0.15) is 0 Å². The van der Waals surface area contributed by atoms with E-state index in [1.807, 2.05) is 0 Å². The monoisotopic (exact) mass is 218 g/mol. The summed E-state index contributed by atoms with van der Waals surface area (Å²) in [4.78, 5) is 0. The molecule has 0 aliphatic heterocycles. The van der Waals surface area contributed by atoms with Crippen molar-refractivity contribution in [3.05, 3.63) is 0 Å². The Kier molecular flexibility index (Phi) is 7.09. The van der Waals surface area contributed by atoms with Crippen molar-refractivity contribution in [1.29, 1.82) is 0 Å². The Hall–Kier alpha value is -0.160. The summed E-state index contributed by atoms with van der Waals surface area (Å²) in [6.45, 7) is 9.82. The molecule has 4 heteroatoms. The molecule has 0 spiro atoms. The van der Waals surface area contributed by atoms with Crippen LogP contribution in [0.3, 0.4) is 0 Å². The molecular formula is C11H26N2O2. The van der Waals surface area contributed by atoms with Crippen molar-refractivity contribution in [2.45, 2.75) is 46.3 Å². The largest absolute Gasteiger partial charge is 0.380 e. The summed E-state index contributed by atoms with van der Waals surface area (Å²) in [5.41, 5.74) is 2.81. The Balaban J connectivity index is 4.22. The van der Waals surface area contributed by atoms with Crippen LogP contribution in [-0.2, 0) is 9.47 Å². The highest BCUT2D eigenvalue weighted by atomic mass is 16.5. The van der Waals surface area contributed by atoms with Crippen LogP contribution >= 0.6 is 0 Å². The zero-order chi connectivity index (χ0) is 11.9. The van der Waals surface area contributed by atoms with Crippen molar-refractivity contribution in [3.63, 3.8) is 0 Å². The molecule has 92 valence electrons. The third-order valence-electron chi connectivity index (χ3n) is 2.33. The first-order valence-corrected chi connectivity index (χ1v) is 5.54. The fraction of sp³-hybridized carbons (Fsp3) is 1.00. The van der Waals surface area contributed by atoms with Gasteiger partial charge in [0, 0.05) is 13.7 Å². The molecule has 0 radical (unpaired) electrons. The summed E-state index contributed by atoms with van der Waals surface area (Å²) < 4.78 is 11.0. The van der Waals surface area contributed by atoms with E-state index in [-0.39, 0.29) is 17.6 Å². The lowest BCUT2D eigenvalue weighted by Gasteiger charge is -2.35. The highest BCUT2D eigenvalue weighted by Crippen LogP contribution is 2.24. The van der Waals surface area contributed by atoms with Gasteiger partial charge in [0.05, 0.1) is 18.8 Å². The van der Waals surface area contributed by atoms with E-state index in [1.165, 1.54) is 0 Å². The third kappa shape index (κ3) is 5.47. The SMILES string of the molecule is CCCOCC(NN)C(OC)C(C)(C)C. The molecule has 0 fully saturated rings. The summed E-state index contributed by atoms with van der Waals surface area (Å²) in [7, 11) is 1.71. The first-order chi connectivity index (χ1) is 6.97. The summed E-state index contributed by atoms with van der Waals surface area (Å²) in [6, 6.07) is 0.0292. The van der Waals surface area contributed by atoms with Crippen molar-refractivity contribution < 1.29 is 9.47 Å². The first-order valence-electron chi connectivity index (χ1n) is 5.54. The molecule has 0 aliphatic carbocycles. The van der Waals surface area contributed by atoms with E-state index in [9.17, 15) is 0 Å². The average molecular weight is 218 g/mol. The lowest BCUT2D eigenvalue weighted by atomic mass is 9.85. The Bertz CT molecular complexity index is 157. The Morgan fingerprint density at radius 3 is 2.27 bits per heavy atom. The summed E-state index contributed by atoms with van der Waals surface area (Å²) in [6.07, 6.45) is 1.06. The molecule has 0 saturated heterocycles. The molecule has 0 aromatic rings. The standard InChI is InChI=1S/C11H26N2O2/c1-6-7-15-8-9(13-12)10(14-5)11(2,3)4/h9-10,13H,6-8,12H2,1-5H3. The van der Waals surface area contributed by atoms with Crippen molar-refractivity contribution in [3.8, 4) is 0 Å². The highest BCUT2D eigenvalue weighted by Gasteiger charge is 2.31. The van der Waals surface area contributed by atoms with Crippen molar-refractivity contribution in [2.75, 3.05) is 20.3 Å². The predicted octanol–water partition coefficient (Wildman–Crippen LogP) is 1.31. The van der Waals surface area contributed by atoms with Crippen LogP contribution in [0.1, 0.15) is 34.1 Å². The molecular weight excluding hydrogens is 192 g/mol. The summed E-state index contributed by atoms with van der Waals surface area (Å²) >= 11 is 0. The van der Waals surface area contributed by atoms with Crippen molar-refractivity contribution in [1.82, 2.24) is 5.43 Å². The van der Waals surface area contributed by atoms with E-state index in [0.29, 0.717) is 6.61 Å². The smallest absolute Gasteiger partial charge is 0.0808 e. The maximum atomic E-state index is 5.52. The molecule has 0 bridgehead atoms. The third-order valence-corrected chi connectivity index (χ3v) is 2.33. The molecule has 0 saturated carbocycles. The van der Waals surface area contributed by atoms with Gasteiger partial charge in [-0.3, -0.25) is 11.3 Å². The second-order valence-corrected chi connectivity index (χ2v) is 4.87. The zero-order valence-corrected chi connectivity index (χ0v) is 10.7. The van der Waals surface area contributed by atoms with E-state index in [2.05, 4.69) is 33.1 Å². The fourth-order valence-electron chi connectivity index (χ4n) is 1.70. The molecule has 0 aromatic carbocycles. The van der Waals surface area contributed by atoms with Crippen LogP contribution in [0.5, 0.6) is 0 Å². The van der Waals surface area contributed by atoms with Gasteiger partial charge in [0.2, 0.25) is 0 Å². The lowest BCUT2D eigenvalue weighted by molar-refractivity contribution is -0.0364. The fourth-order valence-corrected chi connectivity index (χ4v) is 1.70. The molecule has 15 heavy (non-hydrogen) atoms. The van der Waals surface area contributed by atoms with Gasteiger partial charge >= 0.3 is 0 Å². The number of methoxy groups -OCH3 is 1. The maximum Gasteiger partial charge on any atom is 0.0808 e. The molecule has 3 N–H and O–H groups in total. The van der Waals surface area contributed by atoms with Crippen LogP contribution < -0.4 is 11.3 Å². The van der Waals surface area contributed by atoms with Crippen LogP contribution in [0, 0.1) is 5.41 Å². The second kappa shape index (κ2) is 7.17. The van der Waals surface area contributed by atoms with Gasteiger partial charge in [-0.05, 0) is 11.8 Å². The van der Waals surface area contributed by atoms with Crippen LogP contribution in [0.4, 0.5) is 0 Å². The number of rotatable bonds is 7. The molecule has 0 aromatic heterocycles. The predicted molar refractivity (Wildman–Crippen MR) is 62.5 cm³/mol. The number of nitrogens with two attached hydrogens (primary N) is 1. The van der Waals surface area contributed by atoms with Gasteiger partial charge in [0.15, 0.2) is 0 Å². The molecule has 2 atom stereocenters.